The number of nitrogens with one attached hydrogen (secondary N) is 2. The Morgan fingerprint density at radius 2 is 1.62 bits per heavy atom. The van der Waals surface area contributed by atoms with Crippen LogP contribution in [0.3, 0.4) is 0 Å². The maximum absolute atomic E-state index is 4.26. The van der Waals surface area contributed by atoms with Gasteiger partial charge in [0.15, 0.2) is 0 Å². The van der Waals surface area contributed by atoms with Crippen LogP contribution in [0.4, 0.5) is 17.3 Å². The van der Waals surface area contributed by atoms with Gasteiger partial charge in [0.05, 0.1) is 0 Å². The number of rotatable bonds is 3. The number of hydrogen-bond acceptors (Lipinski definition) is 4. The zero-order valence-corrected chi connectivity index (χ0v) is 14.4. The lowest BCUT2D eigenvalue weighted by molar-refractivity contribution is 1.14. The highest BCUT2D eigenvalue weighted by atomic mass is 79.9. The summed E-state index contributed by atoms with van der Waals surface area (Å²) in [6, 6.07) is 12.4. The molecule has 0 radical (unpaired) electrons. The van der Waals surface area contributed by atoms with Crippen molar-refractivity contribution in [2.24, 2.45) is 0 Å². The van der Waals surface area contributed by atoms with E-state index >= 15 is 0 Å². The van der Waals surface area contributed by atoms with Crippen molar-refractivity contribution in [3.8, 4) is 0 Å². The summed E-state index contributed by atoms with van der Waals surface area (Å²) >= 11 is 6.99. The van der Waals surface area contributed by atoms with Gasteiger partial charge in [-0.3, -0.25) is 0 Å². The Hall–Kier alpha value is -1.66. The molecule has 0 unspecified atom stereocenters. The predicted molar refractivity (Wildman–Crippen MR) is 94.2 cm³/mol. The van der Waals surface area contributed by atoms with E-state index < -0.39 is 0 Å². The number of hydrogen-bond donors (Lipinski definition) is 2. The van der Waals surface area contributed by atoms with Gasteiger partial charge in [-0.15, -0.1) is 0 Å². The molecule has 0 fully saturated rings. The minimum atomic E-state index is 0.728. The first-order valence-electron chi connectivity index (χ1n) is 6.32. The molecule has 0 aliphatic heterocycles. The highest BCUT2D eigenvalue weighted by molar-refractivity contribution is 9.11. The molecule has 21 heavy (non-hydrogen) atoms. The molecule has 6 heteroatoms. The quantitative estimate of drug-likeness (QED) is 0.645. The molecule has 0 saturated carbocycles. The highest BCUT2D eigenvalue weighted by Crippen LogP contribution is 2.30. The summed E-state index contributed by atoms with van der Waals surface area (Å²) in [5.41, 5.74) is 0.978. The van der Waals surface area contributed by atoms with Gasteiger partial charge in [0.25, 0.3) is 0 Å². The minimum absolute atomic E-state index is 0.728. The van der Waals surface area contributed by atoms with E-state index in [9.17, 15) is 0 Å². The largest absolute Gasteiger partial charge is 0.372 e. The van der Waals surface area contributed by atoms with Crippen molar-refractivity contribution in [1.82, 2.24) is 9.97 Å². The van der Waals surface area contributed by atoms with E-state index in [1.165, 1.54) is 17.1 Å². The molecule has 0 spiro atoms. The highest BCUT2D eigenvalue weighted by Gasteiger charge is 2.07. The first-order chi connectivity index (χ1) is 10.2. The van der Waals surface area contributed by atoms with Gasteiger partial charge in [0, 0.05) is 17.2 Å². The Balaban J connectivity index is 1.96. The van der Waals surface area contributed by atoms with E-state index in [1.54, 1.807) is 0 Å². The van der Waals surface area contributed by atoms with Crippen LogP contribution in [0.25, 0.3) is 10.8 Å². The van der Waals surface area contributed by atoms with Crippen molar-refractivity contribution >= 4 is 60.0 Å². The fourth-order valence-corrected chi connectivity index (χ4v) is 2.94. The van der Waals surface area contributed by atoms with Gasteiger partial charge in [0.2, 0.25) is 0 Å². The maximum atomic E-state index is 4.26. The lowest BCUT2D eigenvalue weighted by Crippen LogP contribution is -2.00. The Labute approximate surface area is 139 Å². The average Bonchev–Trinajstić information content (AvgIpc) is 2.49. The van der Waals surface area contributed by atoms with Crippen LogP contribution in [-0.2, 0) is 0 Å². The van der Waals surface area contributed by atoms with Gasteiger partial charge in [-0.25, -0.2) is 9.97 Å². The molecule has 2 aromatic carbocycles. The third-order valence-corrected chi connectivity index (χ3v) is 4.34. The predicted octanol–water partition coefficient (Wildman–Crippen LogP) is 4.94. The van der Waals surface area contributed by atoms with Crippen LogP contribution in [0.15, 0.2) is 51.7 Å². The van der Waals surface area contributed by atoms with Crippen LogP contribution in [0.2, 0.25) is 0 Å². The lowest BCUT2D eigenvalue weighted by Gasteiger charge is -2.10. The van der Waals surface area contributed by atoms with E-state index in [4.69, 9.17) is 0 Å². The molecule has 4 nitrogen and oxygen atoms in total. The molecule has 3 rings (SSSR count). The summed E-state index contributed by atoms with van der Waals surface area (Å²) in [7, 11) is 1.82. The molecule has 0 aliphatic carbocycles. The molecule has 0 atom stereocenters. The summed E-state index contributed by atoms with van der Waals surface area (Å²) in [5.74, 6) is 1.48. The van der Waals surface area contributed by atoms with Crippen molar-refractivity contribution < 1.29 is 0 Å². The first-order valence-corrected chi connectivity index (χ1v) is 7.90. The molecule has 3 aromatic rings. The summed E-state index contributed by atoms with van der Waals surface area (Å²) in [4.78, 5) is 8.40. The standard InChI is InChI=1S/C15H12Br2N4/c1-18-14-13(17)15(20-8-19-14)21-12-5-3-9-6-11(16)4-2-10(9)7-12/h2-8H,1H3,(H2,18,19,20,21). The second-order valence-corrected chi connectivity index (χ2v) is 6.17. The van der Waals surface area contributed by atoms with Gasteiger partial charge in [0.1, 0.15) is 22.4 Å². The molecule has 2 N–H and O–H groups in total. The summed E-state index contributed by atoms with van der Waals surface area (Å²) in [5, 5.41) is 8.67. The fourth-order valence-electron chi connectivity index (χ4n) is 2.06. The topological polar surface area (TPSA) is 49.8 Å². The lowest BCUT2D eigenvalue weighted by atomic mass is 10.1. The van der Waals surface area contributed by atoms with Crippen molar-refractivity contribution in [2.75, 3.05) is 17.7 Å². The van der Waals surface area contributed by atoms with Gasteiger partial charge in [-0.1, -0.05) is 28.1 Å². The smallest absolute Gasteiger partial charge is 0.150 e. The van der Waals surface area contributed by atoms with Crippen LogP contribution >= 0.6 is 31.9 Å². The van der Waals surface area contributed by atoms with Crippen LogP contribution in [0.1, 0.15) is 0 Å². The molecular weight excluding hydrogens is 396 g/mol. The maximum Gasteiger partial charge on any atom is 0.150 e. The third-order valence-electron chi connectivity index (χ3n) is 3.09. The Bertz CT molecular complexity index is 805. The number of anilines is 3. The fraction of sp³-hybridized carbons (Fsp3) is 0.0667. The van der Waals surface area contributed by atoms with Crippen LogP contribution in [0.5, 0.6) is 0 Å². The van der Waals surface area contributed by atoms with Crippen molar-refractivity contribution in [2.45, 2.75) is 0 Å². The minimum Gasteiger partial charge on any atom is -0.372 e. The number of nitrogens with zero attached hydrogens (tertiary/aromatic N) is 2. The molecular formula is C15H12Br2N4. The first kappa shape index (κ1) is 14.3. The number of benzene rings is 2. The third kappa shape index (κ3) is 3.01. The number of halogens is 2. The molecule has 0 aliphatic rings. The SMILES string of the molecule is CNc1ncnc(Nc2ccc3cc(Br)ccc3c2)c1Br. The van der Waals surface area contributed by atoms with E-state index in [0.717, 1.165) is 26.3 Å². The second kappa shape index (κ2) is 5.99. The average molecular weight is 408 g/mol. The normalized spacial score (nSPS) is 10.6. The number of aromatic nitrogens is 2. The van der Waals surface area contributed by atoms with Crippen molar-refractivity contribution in [3.05, 3.63) is 51.7 Å². The molecule has 0 saturated heterocycles. The summed E-state index contributed by atoms with van der Waals surface area (Å²) < 4.78 is 1.89. The Morgan fingerprint density at radius 1 is 0.905 bits per heavy atom. The molecule has 0 amide bonds. The molecule has 106 valence electrons. The van der Waals surface area contributed by atoms with Crippen LogP contribution < -0.4 is 10.6 Å². The van der Waals surface area contributed by atoms with Crippen molar-refractivity contribution in [1.29, 1.82) is 0 Å². The van der Waals surface area contributed by atoms with E-state index in [2.05, 4.69) is 76.7 Å². The summed E-state index contributed by atoms with van der Waals surface area (Å²) in [6.07, 6.45) is 1.52. The Morgan fingerprint density at radius 3 is 2.43 bits per heavy atom. The second-order valence-electron chi connectivity index (χ2n) is 4.47. The molecule has 1 heterocycles. The van der Waals surface area contributed by atoms with Crippen molar-refractivity contribution in [3.63, 3.8) is 0 Å². The zero-order chi connectivity index (χ0) is 14.8. The Kier molecular flexibility index (Phi) is 4.07. The number of fused-ring (bicyclic) bond motifs is 1. The van der Waals surface area contributed by atoms with E-state index in [0.29, 0.717) is 0 Å². The van der Waals surface area contributed by atoms with E-state index in [-0.39, 0.29) is 0 Å². The van der Waals surface area contributed by atoms with Crippen LogP contribution in [0, 0.1) is 0 Å². The van der Waals surface area contributed by atoms with E-state index in [1.807, 2.05) is 19.2 Å². The van der Waals surface area contributed by atoms with Gasteiger partial charge >= 0.3 is 0 Å². The monoisotopic (exact) mass is 406 g/mol. The van der Waals surface area contributed by atoms with Gasteiger partial charge < -0.3 is 10.6 Å². The molecule has 0 bridgehead atoms. The zero-order valence-electron chi connectivity index (χ0n) is 11.2. The summed E-state index contributed by atoms with van der Waals surface area (Å²) in [6.45, 7) is 0. The molecule has 1 aromatic heterocycles. The van der Waals surface area contributed by atoms with Crippen LogP contribution in [-0.4, -0.2) is 17.0 Å². The van der Waals surface area contributed by atoms with Gasteiger partial charge in [-0.05, 0) is 51.0 Å². The van der Waals surface area contributed by atoms with Gasteiger partial charge in [-0.2, -0.15) is 0 Å².